The molecule has 26 heavy (non-hydrogen) atoms. The Labute approximate surface area is 171 Å². The largest absolute Gasteiger partial charge is 0.493 e. The van der Waals surface area contributed by atoms with Gasteiger partial charge in [-0.05, 0) is 29.7 Å². The topological polar surface area (TPSA) is 63.9 Å². The molecule has 3 rings (SSSR count). The van der Waals surface area contributed by atoms with Crippen LogP contribution < -0.4 is 14.8 Å². The smallest absolute Gasteiger partial charge is 0.194 e. The Bertz CT molecular complexity index is 733. The van der Waals surface area contributed by atoms with E-state index in [1.54, 1.807) is 20.4 Å². The average molecular weight is 471 g/mol. The zero-order valence-electron chi connectivity index (χ0n) is 15.4. The van der Waals surface area contributed by atoms with Gasteiger partial charge in [-0.25, -0.2) is 4.98 Å². The normalized spacial score (nSPS) is 13.7. The lowest BCUT2D eigenvalue weighted by Gasteiger charge is -2.32. The molecule has 8 heteroatoms. The second-order valence-electron chi connectivity index (χ2n) is 5.92. The predicted molar refractivity (Wildman–Crippen MR) is 113 cm³/mol. The van der Waals surface area contributed by atoms with Gasteiger partial charge < -0.3 is 24.3 Å². The number of guanidine groups is 1. The van der Waals surface area contributed by atoms with Gasteiger partial charge in [-0.15, -0.1) is 24.0 Å². The number of fused-ring (bicyclic) bond motifs is 1. The minimum Gasteiger partial charge on any atom is -0.493 e. The van der Waals surface area contributed by atoms with E-state index in [2.05, 4.69) is 32.3 Å². The van der Waals surface area contributed by atoms with Crippen LogP contribution in [-0.4, -0.2) is 54.8 Å². The van der Waals surface area contributed by atoms with E-state index in [-0.39, 0.29) is 24.0 Å². The molecule has 2 heterocycles. The number of methoxy groups -OCH3 is 2. The van der Waals surface area contributed by atoms with Crippen molar-refractivity contribution >= 4 is 29.9 Å². The zero-order valence-corrected chi connectivity index (χ0v) is 17.8. The van der Waals surface area contributed by atoms with E-state index in [0.717, 1.165) is 50.1 Å². The Morgan fingerprint density at radius 1 is 1.23 bits per heavy atom. The summed E-state index contributed by atoms with van der Waals surface area (Å²) in [5, 5.41) is 3.43. The summed E-state index contributed by atoms with van der Waals surface area (Å²) in [6.45, 7) is 3.39. The molecule has 0 unspecified atom stereocenters. The van der Waals surface area contributed by atoms with Gasteiger partial charge in [0.25, 0.3) is 0 Å². The highest BCUT2D eigenvalue weighted by Crippen LogP contribution is 2.33. The predicted octanol–water partition coefficient (Wildman–Crippen LogP) is 2.15. The minimum absolute atomic E-state index is 0. The molecule has 0 spiro atoms. The molecule has 0 aliphatic carbocycles. The van der Waals surface area contributed by atoms with Gasteiger partial charge in [-0.1, -0.05) is 0 Å². The van der Waals surface area contributed by atoms with E-state index in [1.807, 2.05) is 24.1 Å². The van der Waals surface area contributed by atoms with E-state index < -0.39 is 0 Å². The van der Waals surface area contributed by atoms with E-state index in [0.29, 0.717) is 0 Å². The van der Waals surface area contributed by atoms with Gasteiger partial charge in [0.15, 0.2) is 17.5 Å². The molecule has 0 saturated carbocycles. The van der Waals surface area contributed by atoms with Gasteiger partial charge >= 0.3 is 0 Å². The summed E-state index contributed by atoms with van der Waals surface area (Å²) in [6, 6.07) is 4.15. The Balaban J connectivity index is 0.00000243. The minimum atomic E-state index is 0. The molecule has 2 aromatic rings. The Morgan fingerprint density at radius 3 is 2.58 bits per heavy atom. The quantitative estimate of drug-likeness (QED) is 0.412. The van der Waals surface area contributed by atoms with Crippen LogP contribution in [0.3, 0.4) is 0 Å². The number of benzene rings is 1. The first kappa shape index (κ1) is 20.3. The summed E-state index contributed by atoms with van der Waals surface area (Å²) < 4.78 is 12.9. The van der Waals surface area contributed by atoms with Crippen molar-refractivity contribution in [3.8, 4) is 11.5 Å². The van der Waals surface area contributed by atoms with Crippen LogP contribution in [0.15, 0.2) is 35.8 Å². The summed E-state index contributed by atoms with van der Waals surface area (Å²) in [6.07, 6.45) is 6.53. The fraction of sp³-hybridized carbons (Fsp3) is 0.444. The van der Waals surface area contributed by atoms with E-state index in [1.165, 1.54) is 11.1 Å². The van der Waals surface area contributed by atoms with Crippen molar-refractivity contribution in [2.45, 2.75) is 19.5 Å². The monoisotopic (exact) mass is 471 g/mol. The Hall–Kier alpha value is -1.97. The van der Waals surface area contributed by atoms with Gasteiger partial charge in [0.05, 0.1) is 20.5 Å². The summed E-state index contributed by atoms with van der Waals surface area (Å²) in [7, 11) is 5.16. The summed E-state index contributed by atoms with van der Waals surface area (Å²) >= 11 is 0. The first-order chi connectivity index (χ1) is 12.2. The van der Waals surface area contributed by atoms with E-state index in [9.17, 15) is 0 Å². The van der Waals surface area contributed by atoms with Gasteiger partial charge in [0.2, 0.25) is 0 Å². The number of rotatable bonds is 5. The van der Waals surface area contributed by atoms with Crippen molar-refractivity contribution in [1.82, 2.24) is 19.8 Å². The number of imidazole rings is 1. The molecule has 1 N–H and O–H groups in total. The molecule has 0 saturated heterocycles. The van der Waals surface area contributed by atoms with Gasteiger partial charge in [0.1, 0.15) is 0 Å². The van der Waals surface area contributed by atoms with Crippen molar-refractivity contribution in [2.24, 2.45) is 4.99 Å². The highest BCUT2D eigenvalue weighted by Gasteiger charge is 2.21. The van der Waals surface area contributed by atoms with E-state index >= 15 is 0 Å². The molecule has 142 valence electrons. The molecular formula is C18H26IN5O2. The third-order valence-electron chi connectivity index (χ3n) is 4.44. The number of aliphatic imine (C=N–C) groups is 1. The third kappa shape index (κ3) is 4.60. The van der Waals surface area contributed by atoms with Gasteiger partial charge in [-0.3, -0.25) is 4.99 Å². The highest BCUT2D eigenvalue weighted by molar-refractivity contribution is 14.0. The molecule has 0 amide bonds. The maximum absolute atomic E-state index is 5.43. The summed E-state index contributed by atoms with van der Waals surface area (Å²) in [5.41, 5.74) is 2.56. The van der Waals surface area contributed by atoms with Crippen LogP contribution in [-0.2, 0) is 19.5 Å². The molecule has 1 aliphatic rings. The molecule has 1 aromatic heterocycles. The zero-order chi connectivity index (χ0) is 17.6. The standard InChI is InChI=1S/C18H25N5O2.HI/c1-19-18(21-6-9-22-8-5-20-13-22)23-7-4-14-10-16(24-2)17(25-3)11-15(14)12-23;/h5,8,10-11,13H,4,6-7,9,12H2,1-3H3,(H,19,21);1H. The number of aromatic nitrogens is 2. The average Bonchev–Trinajstić information content (AvgIpc) is 3.17. The molecule has 1 aromatic carbocycles. The third-order valence-corrected chi connectivity index (χ3v) is 4.44. The number of nitrogens with one attached hydrogen (secondary N) is 1. The van der Waals surface area contributed by atoms with Crippen LogP contribution in [0.2, 0.25) is 0 Å². The van der Waals surface area contributed by atoms with Crippen LogP contribution in [0.4, 0.5) is 0 Å². The van der Waals surface area contributed by atoms with Crippen LogP contribution in [0.5, 0.6) is 11.5 Å². The fourth-order valence-corrected chi connectivity index (χ4v) is 3.11. The molecule has 0 bridgehead atoms. The lowest BCUT2D eigenvalue weighted by Crippen LogP contribution is -2.44. The summed E-state index contributed by atoms with van der Waals surface area (Å²) in [4.78, 5) is 10.8. The van der Waals surface area contributed by atoms with Gasteiger partial charge in [0, 0.05) is 45.6 Å². The number of nitrogens with zero attached hydrogens (tertiary/aromatic N) is 4. The molecule has 0 atom stereocenters. The Kier molecular flexibility index (Phi) is 7.55. The summed E-state index contributed by atoms with van der Waals surface area (Å²) in [5.74, 6) is 2.48. The lowest BCUT2D eigenvalue weighted by atomic mass is 9.99. The van der Waals surface area contributed by atoms with Gasteiger partial charge in [-0.2, -0.15) is 0 Å². The second kappa shape index (κ2) is 9.65. The van der Waals surface area contributed by atoms with Crippen molar-refractivity contribution in [3.05, 3.63) is 42.0 Å². The van der Waals surface area contributed by atoms with Crippen molar-refractivity contribution in [1.29, 1.82) is 0 Å². The Morgan fingerprint density at radius 2 is 1.96 bits per heavy atom. The van der Waals surface area contributed by atoms with Crippen molar-refractivity contribution in [3.63, 3.8) is 0 Å². The van der Waals surface area contributed by atoms with Crippen molar-refractivity contribution < 1.29 is 9.47 Å². The lowest BCUT2D eigenvalue weighted by molar-refractivity contribution is 0.345. The molecule has 1 aliphatic heterocycles. The first-order valence-electron chi connectivity index (χ1n) is 8.40. The first-order valence-corrected chi connectivity index (χ1v) is 8.40. The molecule has 0 radical (unpaired) electrons. The van der Waals surface area contributed by atoms with Crippen LogP contribution in [0.1, 0.15) is 11.1 Å². The fourth-order valence-electron chi connectivity index (χ4n) is 3.11. The number of ether oxygens (including phenoxy) is 2. The van der Waals surface area contributed by atoms with Crippen molar-refractivity contribution in [2.75, 3.05) is 34.4 Å². The second-order valence-corrected chi connectivity index (χ2v) is 5.92. The number of hydrogen-bond donors (Lipinski definition) is 1. The number of hydrogen-bond acceptors (Lipinski definition) is 4. The van der Waals surface area contributed by atoms with Crippen LogP contribution in [0.25, 0.3) is 0 Å². The maximum Gasteiger partial charge on any atom is 0.194 e. The maximum atomic E-state index is 5.43. The molecular weight excluding hydrogens is 445 g/mol. The van der Waals surface area contributed by atoms with Crippen LogP contribution in [0, 0.1) is 0 Å². The molecule has 0 fully saturated rings. The highest BCUT2D eigenvalue weighted by atomic mass is 127. The number of halogens is 1. The SMILES string of the molecule is CN=C(NCCn1ccnc1)N1CCc2cc(OC)c(OC)cc2C1.I. The van der Waals surface area contributed by atoms with Crippen LogP contribution >= 0.6 is 24.0 Å². The van der Waals surface area contributed by atoms with E-state index in [4.69, 9.17) is 9.47 Å². The molecule has 7 nitrogen and oxygen atoms in total.